The molecule has 2 aromatic rings. The number of amides is 1. The largest absolute Gasteiger partial charge is 0.454 e. The molecule has 1 saturated heterocycles. The van der Waals surface area contributed by atoms with Gasteiger partial charge in [-0.3, -0.25) is 4.79 Å². The van der Waals surface area contributed by atoms with Crippen LogP contribution in [0.1, 0.15) is 36.9 Å². The molecule has 6 heteroatoms. The molecular formula is C20H23ClN2O3. The van der Waals surface area contributed by atoms with Gasteiger partial charge < -0.3 is 19.7 Å². The Hall–Kier alpha value is -2.24. The van der Waals surface area contributed by atoms with Gasteiger partial charge in [-0.15, -0.1) is 12.4 Å². The molecule has 0 spiro atoms. The van der Waals surface area contributed by atoms with Crippen molar-refractivity contribution in [3.8, 4) is 11.5 Å². The molecule has 1 fully saturated rings. The van der Waals surface area contributed by atoms with Crippen molar-refractivity contribution in [2.45, 2.75) is 32.4 Å². The van der Waals surface area contributed by atoms with Gasteiger partial charge >= 0.3 is 0 Å². The smallest absolute Gasteiger partial charge is 0.231 e. The lowest BCUT2D eigenvalue weighted by molar-refractivity contribution is -0.117. The minimum atomic E-state index is 0. The molecule has 5 nitrogen and oxygen atoms in total. The number of nitrogens with zero attached hydrogens (tertiary/aromatic N) is 1. The van der Waals surface area contributed by atoms with Crippen LogP contribution >= 0.6 is 12.4 Å². The van der Waals surface area contributed by atoms with Crippen LogP contribution in [0.3, 0.4) is 0 Å². The third-order valence-corrected chi connectivity index (χ3v) is 4.86. The minimum absolute atomic E-state index is 0. The van der Waals surface area contributed by atoms with Gasteiger partial charge in [0.2, 0.25) is 12.7 Å². The molecule has 2 aliphatic rings. The highest BCUT2D eigenvalue weighted by atomic mass is 35.5. The van der Waals surface area contributed by atoms with Crippen LogP contribution in [0, 0.1) is 0 Å². The van der Waals surface area contributed by atoms with Crippen LogP contribution in [-0.4, -0.2) is 19.2 Å². The first-order valence-electron chi connectivity index (χ1n) is 8.73. The Kier molecular flexibility index (Phi) is 5.69. The summed E-state index contributed by atoms with van der Waals surface area (Å²) in [5.74, 6) is 1.87. The SMILES string of the molecule is CC(NCc1cccc2c1OCO2)c1ccc(N2CCCC2=O)cc1.Cl. The van der Waals surface area contributed by atoms with Crippen LogP contribution in [0.2, 0.25) is 0 Å². The van der Waals surface area contributed by atoms with Crippen LogP contribution in [0.15, 0.2) is 42.5 Å². The summed E-state index contributed by atoms with van der Waals surface area (Å²) >= 11 is 0. The van der Waals surface area contributed by atoms with Crippen molar-refractivity contribution in [2.24, 2.45) is 0 Å². The first-order valence-corrected chi connectivity index (χ1v) is 8.73. The second-order valence-corrected chi connectivity index (χ2v) is 6.49. The number of carbonyl (C=O) groups excluding carboxylic acids is 1. The number of benzene rings is 2. The number of hydrogen-bond donors (Lipinski definition) is 1. The Labute approximate surface area is 159 Å². The highest BCUT2D eigenvalue weighted by Crippen LogP contribution is 2.35. The number of para-hydroxylation sites is 1. The number of fused-ring (bicyclic) bond motifs is 1. The molecule has 0 radical (unpaired) electrons. The number of halogens is 1. The minimum Gasteiger partial charge on any atom is -0.454 e. The molecule has 1 N–H and O–H groups in total. The second kappa shape index (κ2) is 7.98. The van der Waals surface area contributed by atoms with Gasteiger partial charge in [-0.1, -0.05) is 24.3 Å². The van der Waals surface area contributed by atoms with Gasteiger partial charge in [0.1, 0.15) is 0 Å². The Balaban J connectivity index is 0.00000196. The van der Waals surface area contributed by atoms with Gasteiger partial charge in [0.15, 0.2) is 11.5 Å². The Morgan fingerprint density at radius 3 is 2.69 bits per heavy atom. The molecule has 26 heavy (non-hydrogen) atoms. The fourth-order valence-corrected chi connectivity index (χ4v) is 3.37. The summed E-state index contributed by atoms with van der Waals surface area (Å²) in [6.07, 6.45) is 1.61. The molecule has 4 rings (SSSR count). The standard InChI is InChI=1S/C20H22N2O3.ClH/c1-14(21-12-16-4-2-5-18-20(16)25-13-24-18)15-7-9-17(10-8-15)22-11-3-6-19(22)23;/h2,4-5,7-10,14,21H,3,6,11-13H2,1H3;1H. The normalized spacial score (nSPS) is 16.5. The third-order valence-electron chi connectivity index (χ3n) is 4.86. The first kappa shape index (κ1) is 18.5. The number of hydrogen-bond acceptors (Lipinski definition) is 4. The molecule has 0 aromatic heterocycles. The highest BCUT2D eigenvalue weighted by molar-refractivity contribution is 5.95. The first-order chi connectivity index (χ1) is 12.2. The van der Waals surface area contributed by atoms with Crippen molar-refractivity contribution in [1.29, 1.82) is 0 Å². The van der Waals surface area contributed by atoms with Crippen molar-refractivity contribution in [1.82, 2.24) is 5.32 Å². The summed E-state index contributed by atoms with van der Waals surface area (Å²) in [4.78, 5) is 13.7. The van der Waals surface area contributed by atoms with Crippen molar-refractivity contribution >= 4 is 24.0 Å². The number of ether oxygens (including phenoxy) is 2. The number of anilines is 1. The van der Waals surface area contributed by atoms with Crippen molar-refractivity contribution in [2.75, 3.05) is 18.2 Å². The Morgan fingerprint density at radius 1 is 1.15 bits per heavy atom. The van der Waals surface area contributed by atoms with Gasteiger partial charge in [0.25, 0.3) is 0 Å². The summed E-state index contributed by atoms with van der Waals surface area (Å²) in [7, 11) is 0. The van der Waals surface area contributed by atoms with Crippen LogP contribution in [0.5, 0.6) is 11.5 Å². The lowest BCUT2D eigenvalue weighted by Crippen LogP contribution is -2.23. The maximum atomic E-state index is 11.8. The van der Waals surface area contributed by atoms with Gasteiger partial charge in [-0.2, -0.15) is 0 Å². The van der Waals surface area contributed by atoms with E-state index in [1.54, 1.807) is 0 Å². The average Bonchev–Trinajstić information content (AvgIpc) is 3.28. The zero-order valence-corrected chi connectivity index (χ0v) is 15.6. The van der Waals surface area contributed by atoms with E-state index in [9.17, 15) is 4.79 Å². The summed E-state index contributed by atoms with van der Waals surface area (Å²) in [5, 5.41) is 3.53. The zero-order valence-electron chi connectivity index (χ0n) is 14.7. The molecule has 0 bridgehead atoms. The summed E-state index contributed by atoms with van der Waals surface area (Å²) < 4.78 is 11.0. The molecule has 2 aromatic carbocycles. The van der Waals surface area contributed by atoms with E-state index in [1.807, 2.05) is 29.2 Å². The van der Waals surface area contributed by atoms with E-state index in [-0.39, 0.29) is 24.4 Å². The molecule has 0 saturated carbocycles. The summed E-state index contributed by atoms with van der Waals surface area (Å²) in [5.41, 5.74) is 3.28. The fourth-order valence-electron chi connectivity index (χ4n) is 3.37. The van der Waals surface area contributed by atoms with Gasteiger partial charge in [0, 0.05) is 36.8 Å². The lowest BCUT2D eigenvalue weighted by atomic mass is 10.1. The van der Waals surface area contributed by atoms with E-state index in [1.165, 1.54) is 5.56 Å². The molecule has 1 atom stereocenters. The Morgan fingerprint density at radius 2 is 1.96 bits per heavy atom. The van der Waals surface area contributed by atoms with Crippen LogP contribution < -0.4 is 19.7 Å². The molecule has 138 valence electrons. The van der Waals surface area contributed by atoms with E-state index in [4.69, 9.17) is 9.47 Å². The predicted molar refractivity (Wildman–Crippen MR) is 103 cm³/mol. The number of carbonyl (C=O) groups is 1. The molecule has 2 aliphatic heterocycles. The maximum absolute atomic E-state index is 11.8. The van der Waals surface area contributed by atoms with Crippen LogP contribution in [0.25, 0.3) is 0 Å². The number of rotatable bonds is 5. The van der Waals surface area contributed by atoms with Crippen LogP contribution in [-0.2, 0) is 11.3 Å². The molecular weight excluding hydrogens is 352 g/mol. The fraction of sp³-hybridized carbons (Fsp3) is 0.350. The summed E-state index contributed by atoms with van der Waals surface area (Å²) in [6.45, 7) is 3.96. The summed E-state index contributed by atoms with van der Waals surface area (Å²) in [6, 6.07) is 14.4. The van der Waals surface area contributed by atoms with E-state index >= 15 is 0 Å². The van der Waals surface area contributed by atoms with E-state index in [0.717, 1.165) is 35.7 Å². The van der Waals surface area contributed by atoms with Crippen molar-refractivity contribution in [3.63, 3.8) is 0 Å². The van der Waals surface area contributed by atoms with Gasteiger partial charge in [-0.05, 0) is 37.1 Å². The van der Waals surface area contributed by atoms with Crippen LogP contribution in [0.4, 0.5) is 5.69 Å². The number of nitrogens with one attached hydrogen (secondary N) is 1. The highest BCUT2D eigenvalue weighted by Gasteiger charge is 2.22. The monoisotopic (exact) mass is 374 g/mol. The second-order valence-electron chi connectivity index (χ2n) is 6.49. The van der Waals surface area contributed by atoms with Crippen molar-refractivity contribution in [3.05, 3.63) is 53.6 Å². The topological polar surface area (TPSA) is 50.8 Å². The van der Waals surface area contributed by atoms with E-state index in [2.05, 4.69) is 30.4 Å². The molecule has 2 heterocycles. The lowest BCUT2D eigenvalue weighted by Gasteiger charge is -2.18. The Bertz CT molecular complexity index is 779. The quantitative estimate of drug-likeness (QED) is 0.864. The molecule has 1 unspecified atom stereocenters. The maximum Gasteiger partial charge on any atom is 0.231 e. The predicted octanol–water partition coefficient (Wildman–Crippen LogP) is 3.81. The van der Waals surface area contributed by atoms with Gasteiger partial charge in [0.05, 0.1) is 0 Å². The average molecular weight is 375 g/mol. The van der Waals surface area contributed by atoms with Gasteiger partial charge in [-0.25, -0.2) is 0 Å². The molecule has 0 aliphatic carbocycles. The van der Waals surface area contributed by atoms with Crippen molar-refractivity contribution < 1.29 is 14.3 Å². The third kappa shape index (κ3) is 3.64. The zero-order chi connectivity index (χ0) is 17.2. The molecule has 1 amide bonds. The van der Waals surface area contributed by atoms with E-state index < -0.39 is 0 Å². The van der Waals surface area contributed by atoms with E-state index in [0.29, 0.717) is 19.8 Å².